The highest BCUT2D eigenvalue weighted by molar-refractivity contribution is 6.07. The smallest absolute Gasteiger partial charge is 0.215 e. The molecule has 0 atom stereocenters. The van der Waals surface area contributed by atoms with Gasteiger partial charge in [-0.15, -0.1) is 0 Å². The Hall–Kier alpha value is -2.17. The van der Waals surface area contributed by atoms with Gasteiger partial charge in [-0.1, -0.05) is 6.07 Å². The summed E-state index contributed by atoms with van der Waals surface area (Å²) in [6, 6.07) is 2.59. The van der Waals surface area contributed by atoms with E-state index in [0.29, 0.717) is 0 Å². The maximum Gasteiger partial charge on any atom is 0.215 e. The molecule has 1 heterocycles. The van der Waals surface area contributed by atoms with E-state index in [1.807, 2.05) is 0 Å². The van der Waals surface area contributed by atoms with Crippen molar-refractivity contribution in [2.75, 3.05) is 0 Å². The van der Waals surface area contributed by atoms with Crippen molar-refractivity contribution in [2.45, 2.75) is 6.92 Å². The quantitative estimate of drug-likeness (QED) is 0.749. The highest BCUT2D eigenvalue weighted by Crippen LogP contribution is 2.17. The van der Waals surface area contributed by atoms with Gasteiger partial charge in [-0.05, 0) is 18.6 Å². The van der Waals surface area contributed by atoms with E-state index in [2.05, 4.69) is 9.97 Å². The van der Waals surface area contributed by atoms with Gasteiger partial charge in [0.1, 0.15) is 5.69 Å². The lowest BCUT2D eigenvalue weighted by molar-refractivity contribution is 0.102. The fraction of sp³-hybridized carbons (Fsp3) is 0.0833. The summed E-state index contributed by atoms with van der Waals surface area (Å²) in [6.07, 6.45) is 3.91. The van der Waals surface area contributed by atoms with Crippen LogP contribution in [0.15, 0.2) is 30.7 Å². The number of rotatable bonds is 2. The fourth-order valence-electron chi connectivity index (χ4n) is 1.38. The van der Waals surface area contributed by atoms with Crippen LogP contribution in [0, 0.1) is 18.6 Å². The van der Waals surface area contributed by atoms with E-state index in [-0.39, 0.29) is 16.8 Å². The molecular weight excluding hydrogens is 226 g/mol. The standard InChI is InChI=1S/C12H8F2N2O/c1-7-2-3-8(11(14)10(7)13)12(17)9-6-15-4-5-16-9/h2-6H,1H3. The number of carbonyl (C=O) groups excluding carboxylic acids is 1. The largest absolute Gasteiger partial charge is 0.287 e. The third kappa shape index (κ3) is 2.04. The Balaban J connectivity index is 2.49. The first-order valence-electron chi connectivity index (χ1n) is 4.86. The second-order valence-corrected chi connectivity index (χ2v) is 3.48. The van der Waals surface area contributed by atoms with E-state index in [1.54, 1.807) is 0 Å². The van der Waals surface area contributed by atoms with E-state index in [0.717, 1.165) is 0 Å². The van der Waals surface area contributed by atoms with Gasteiger partial charge in [-0.3, -0.25) is 9.78 Å². The molecule has 0 aliphatic carbocycles. The maximum absolute atomic E-state index is 13.6. The molecule has 0 radical (unpaired) electrons. The molecule has 0 saturated carbocycles. The number of benzene rings is 1. The average Bonchev–Trinajstić information content (AvgIpc) is 2.36. The molecule has 0 aliphatic heterocycles. The molecule has 1 aromatic carbocycles. The molecule has 2 aromatic rings. The minimum absolute atomic E-state index is 0.0188. The predicted molar refractivity (Wildman–Crippen MR) is 56.6 cm³/mol. The molecule has 0 N–H and O–H groups in total. The highest BCUT2D eigenvalue weighted by atomic mass is 19.2. The Kier molecular flexibility index (Phi) is 2.91. The molecule has 86 valence electrons. The number of carbonyl (C=O) groups is 1. The van der Waals surface area contributed by atoms with Crippen molar-refractivity contribution in [3.63, 3.8) is 0 Å². The van der Waals surface area contributed by atoms with Crippen molar-refractivity contribution in [2.24, 2.45) is 0 Å². The minimum Gasteiger partial charge on any atom is -0.287 e. The molecule has 0 saturated heterocycles. The first-order valence-corrected chi connectivity index (χ1v) is 4.86. The Labute approximate surface area is 96.2 Å². The number of ketones is 1. The van der Waals surface area contributed by atoms with Crippen molar-refractivity contribution in [1.29, 1.82) is 0 Å². The van der Waals surface area contributed by atoms with E-state index in [1.165, 1.54) is 37.6 Å². The molecule has 5 heteroatoms. The van der Waals surface area contributed by atoms with Gasteiger partial charge in [-0.25, -0.2) is 13.8 Å². The van der Waals surface area contributed by atoms with Crippen LogP contribution in [-0.2, 0) is 0 Å². The molecule has 0 unspecified atom stereocenters. The van der Waals surface area contributed by atoms with Gasteiger partial charge >= 0.3 is 0 Å². The molecule has 1 aromatic heterocycles. The van der Waals surface area contributed by atoms with Gasteiger partial charge < -0.3 is 0 Å². The zero-order valence-corrected chi connectivity index (χ0v) is 8.95. The van der Waals surface area contributed by atoms with Crippen LogP contribution in [-0.4, -0.2) is 15.8 Å². The lowest BCUT2D eigenvalue weighted by Crippen LogP contribution is -2.08. The lowest BCUT2D eigenvalue weighted by Gasteiger charge is -2.04. The summed E-state index contributed by atoms with van der Waals surface area (Å²) in [7, 11) is 0. The Bertz CT molecular complexity index is 570. The molecule has 0 amide bonds. The third-order valence-electron chi connectivity index (χ3n) is 2.32. The molecular formula is C12H8F2N2O. The van der Waals surface area contributed by atoms with Crippen molar-refractivity contribution in [3.05, 3.63) is 59.2 Å². The number of halogens is 2. The van der Waals surface area contributed by atoms with E-state index in [9.17, 15) is 13.6 Å². The van der Waals surface area contributed by atoms with Crippen molar-refractivity contribution < 1.29 is 13.6 Å². The Morgan fingerprint density at radius 1 is 1.18 bits per heavy atom. The normalized spacial score (nSPS) is 10.3. The number of aromatic nitrogens is 2. The summed E-state index contributed by atoms with van der Waals surface area (Å²) >= 11 is 0. The van der Waals surface area contributed by atoms with Crippen LogP contribution >= 0.6 is 0 Å². The summed E-state index contributed by atoms with van der Waals surface area (Å²) in [5, 5.41) is 0. The SMILES string of the molecule is Cc1ccc(C(=O)c2cnccn2)c(F)c1F. The molecule has 2 rings (SSSR count). The predicted octanol–water partition coefficient (Wildman–Crippen LogP) is 2.29. The van der Waals surface area contributed by atoms with Gasteiger partial charge in [0.25, 0.3) is 0 Å². The third-order valence-corrected chi connectivity index (χ3v) is 2.32. The molecule has 0 aliphatic rings. The Morgan fingerprint density at radius 3 is 2.59 bits per heavy atom. The van der Waals surface area contributed by atoms with Gasteiger partial charge in [-0.2, -0.15) is 0 Å². The summed E-state index contributed by atoms with van der Waals surface area (Å²) in [6.45, 7) is 1.43. The van der Waals surface area contributed by atoms with Crippen LogP contribution < -0.4 is 0 Å². The summed E-state index contributed by atoms with van der Waals surface area (Å²) in [4.78, 5) is 19.3. The molecule has 0 spiro atoms. The fourth-order valence-corrected chi connectivity index (χ4v) is 1.38. The lowest BCUT2D eigenvalue weighted by atomic mass is 10.1. The summed E-state index contributed by atoms with van der Waals surface area (Å²) < 4.78 is 26.9. The minimum atomic E-state index is -1.15. The average molecular weight is 234 g/mol. The van der Waals surface area contributed by atoms with Gasteiger partial charge in [0.05, 0.1) is 11.8 Å². The van der Waals surface area contributed by atoms with Crippen LogP contribution in [0.4, 0.5) is 8.78 Å². The maximum atomic E-state index is 13.6. The van der Waals surface area contributed by atoms with Crippen LogP contribution in [0.3, 0.4) is 0 Å². The summed E-state index contributed by atoms with van der Waals surface area (Å²) in [5.41, 5.74) is -0.207. The zero-order chi connectivity index (χ0) is 12.4. The van der Waals surface area contributed by atoms with Gasteiger partial charge in [0.2, 0.25) is 5.78 Å². The number of nitrogens with zero attached hydrogens (tertiary/aromatic N) is 2. The Morgan fingerprint density at radius 2 is 1.94 bits per heavy atom. The number of aryl methyl sites for hydroxylation is 1. The van der Waals surface area contributed by atoms with E-state index < -0.39 is 17.4 Å². The summed E-state index contributed by atoms with van der Waals surface area (Å²) in [5.74, 6) is -2.85. The number of hydrogen-bond donors (Lipinski definition) is 0. The van der Waals surface area contributed by atoms with Crippen LogP contribution in [0.1, 0.15) is 21.6 Å². The second-order valence-electron chi connectivity index (χ2n) is 3.48. The molecule has 0 fully saturated rings. The van der Waals surface area contributed by atoms with Crippen LogP contribution in [0.5, 0.6) is 0 Å². The monoisotopic (exact) mass is 234 g/mol. The highest BCUT2D eigenvalue weighted by Gasteiger charge is 2.19. The molecule has 3 nitrogen and oxygen atoms in total. The first kappa shape index (κ1) is 11.3. The number of hydrogen-bond acceptors (Lipinski definition) is 3. The van der Waals surface area contributed by atoms with E-state index >= 15 is 0 Å². The van der Waals surface area contributed by atoms with Crippen molar-refractivity contribution >= 4 is 5.78 Å². The molecule has 17 heavy (non-hydrogen) atoms. The first-order chi connectivity index (χ1) is 8.11. The van der Waals surface area contributed by atoms with E-state index in [4.69, 9.17) is 0 Å². The molecule has 0 bridgehead atoms. The topological polar surface area (TPSA) is 42.9 Å². The van der Waals surface area contributed by atoms with Crippen molar-refractivity contribution in [1.82, 2.24) is 9.97 Å². The van der Waals surface area contributed by atoms with Crippen molar-refractivity contribution in [3.8, 4) is 0 Å². The van der Waals surface area contributed by atoms with Crippen LogP contribution in [0.2, 0.25) is 0 Å². The van der Waals surface area contributed by atoms with Crippen LogP contribution in [0.25, 0.3) is 0 Å². The van der Waals surface area contributed by atoms with Gasteiger partial charge in [0.15, 0.2) is 11.6 Å². The second kappa shape index (κ2) is 4.37. The van der Waals surface area contributed by atoms with Gasteiger partial charge in [0, 0.05) is 12.4 Å². The zero-order valence-electron chi connectivity index (χ0n) is 8.95.